The van der Waals surface area contributed by atoms with Gasteiger partial charge in [-0.1, -0.05) is 18.6 Å². The van der Waals surface area contributed by atoms with Gasteiger partial charge in [0.15, 0.2) is 0 Å². The summed E-state index contributed by atoms with van der Waals surface area (Å²) in [4.78, 5) is 23.4. The molecule has 28 heavy (non-hydrogen) atoms. The number of nitrogens with zero attached hydrogens (tertiary/aromatic N) is 1. The van der Waals surface area contributed by atoms with E-state index in [0.29, 0.717) is 35.5 Å². The van der Waals surface area contributed by atoms with E-state index in [2.05, 4.69) is 5.32 Å². The van der Waals surface area contributed by atoms with Gasteiger partial charge in [0, 0.05) is 29.9 Å². The van der Waals surface area contributed by atoms with E-state index in [0.717, 1.165) is 19.3 Å². The first kappa shape index (κ1) is 20.0. The van der Waals surface area contributed by atoms with E-state index in [1.165, 1.54) is 12.1 Å². The van der Waals surface area contributed by atoms with E-state index in [-0.39, 0.29) is 11.7 Å². The summed E-state index contributed by atoms with van der Waals surface area (Å²) in [6, 6.07) is 12.8. The highest BCUT2D eigenvalue weighted by atomic mass is 32.2. The van der Waals surface area contributed by atoms with Gasteiger partial charge in [-0.2, -0.15) is 0 Å². The molecule has 0 saturated carbocycles. The Bertz CT molecular complexity index is 948. The molecule has 3 rings (SSSR count). The number of sulfonamides is 1. The number of anilines is 1. The number of nitrogens with one attached hydrogen (secondary N) is 1. The van der Waals surface area contributed by atoms with Gasteiger partial charge in [0.2, 0.25) is 15.9 Å². The van der Waals surface area contributed by atoms with Crippen LogP contribution in [0.3, 0.4) is 0 Å². The molecule has 1 heterocycles. The molecule has 1 aliphatic rings. The van der Waals surface area contributed by atoms with Crippen LogP contribution in [0.1, 0.15) is 45.5 Å². The van der Waals surface area contributed by atoms with Crippen molar-refractivity contribution in [3.05, 3.63) is 65.2 Å². The summed E-state index contributed by atoms with van der Waals surface area (Å²) in [5.41, 5.74) is 7.14. The molecular weight excluding hydrogens is 378 g/mol. The number of primary amides is 1. The molecular formula is C20H23N3O4S. The molecule has 0 aliphatic carbocycles. The summed E-state index contributed by atoms with van der Waals surface area (Å²) >= 11 is 0. The Morgan fingerprint density at radius 1 is 0.893 bits per heavy atom. The standard InChI is InChI=1S/C20H23N3O4S/c21-19(24)16-8-10-18(11-9-16)22-20(25)17-6-4-15(5-7-17)14-28(26,27)23-12-2-1-3-13-23/h4-11H,1-3,12-14H2,(H2,21,24)(H,22,25). The maximum Gasteiger partial charge on any atom is 0.255 e. The molecule has 2 aromatic rings. The first-order chi connectivity index (χ1) is 13.3. The zero-order valence-corrected chi connectivity index (χ0v) is 16.2. The van der Waals surface area contributed by atoms with Crippen molar-refractivity contribution in [2.75, 3.05) is 18.4 Å². The lowest BCUT2D eigenvalue weighted by atomic mass is 10.1. The van der Waals surface area contributed by atoms with Crippen LogP contribution in [0.5, 0.6) is 0 Å². The lowest BCUT2D eigenvalue weighted by Crippen LogP contribution is -2.36. The number of nitrogens with two attached hydrogens (primary N) is 1. The second-order valence-electron chi connectivity index (χ2n) is 6.81. The van der Waals surface area contributed by atoms with Gasteiger partial charge >= 0.3 is 0 Å². The normalized spacial score (nSPS) is 15.1. The fraction of sp³-hybridized carbons (Fsp3) is 0.300. The van der Waals surface area contributed by atoms with Gasteiger partial charge in [-0.15, -0.1) is 0 Å². The molecule has 0 aromatic heterocycles. The molecule has 0 unspecified atom stereocenters. The fourth-order valence-corrected chi connectivity index (χ4v) is 4.73. The molecule has 2 amide bonds. The Morgan fingerprint density at radius 2 is 1.46 bits per heavy atom. The minimum atomic E-state index is -3.33. The minimum absolute atomic E-state index is 0.0660. The number of benzene rings is 2. The Hall–Kier alpha value is -2.71. The van der Waals surface area contributed by atoms with Gasteiger partial charge in [0.25, 0.3) is 5.91 Å². The van der Waals surface area contributed by atoms with Gasteiger partial charge in [-0.3, -0.25) is 9.59 Å². The molecule has 1 saturated heterocycles. The van der Waals surface area contributed by atoms with Crippen molar-refractivity contribution >= 4 is 27.5 Å². The van der Waals surface area contributed by atoms with E-state index >= 15 is 0 Å². The third-order valence-corrected chi connectivity index (χ3v) is 6.55. The first-order valence-electron chi connectivity index (χ1n) is 9.13. The topological polar surface area (TPSA) is 110 Å². The monoisotopic (exact) mass is 401 g/mol. The Balaban J connectivity index is 1.63. The molecule has 148 valence electrons. The van der Waals surface area contributed by atoms with E-state index in [1.807, 2.05) is 0 Å². The third-order valence-electron chi connectivity index (χ3n) is 4.70. The molecule has 3 N–H and O–H groups in total. The first-order valence-corrected chi connectivity index (χ1v) is 10.7. The van der Waals surface area contributed by atoms with Gasteiger partial charge in [0.1, 0.15) is 0 Å². The molecule has 0 bridgehead atoms. The van der Waals surface area contributed by atoms with E-state index in [1.54, 1.807) is 40.7 Å². The number of hydrogen-bond donors (Lipinski definition) is 2. The Morgan fingerprint density at radius 3 is 2.04 bits per heavy atom. The molecule has 0 atom stereocenters. The summed E-state index contributed by atoms with van der Waals surface area (Å²) in [5.74, 6) is -0.922. The van der Waals surface area contributed by atoms with E-state index in [9.17, 15) is 18.0 Å². The van der Waals surface area contributed by atoms with Crippen molar-refractivity contribution in [3.63, 3.8) is 0 Å². The lowest BCUT2D eigenvalue weighted by Gasteiger charge is -2.25. The molecule has 1 aliphatic heterocycles. The second-order valence-corrected chi connectivity index (χ2v) is 8.78. The van der Waals surface area contributed by atoms with Crippen LogP contribution in [-0.2, 0) is 15.8 Å². The lowest BCUT2D eigenvalue weighted by molar-refractivity contribution is 0.0998. The van der Waals surface area contributed by atoms with Crippen LogP contribution in [0, 0.1) is 0 Å². The maximum atomic E-state index is 12.5. The van der Waals surface area contributed by atoms with Crippen molar-refractivity contribution in [1.82, 2.24) is 4.31 Å². The Labute approximate surface area is 164 Å². The summed E-state index contributed by atoms with van der Waals surface area (Å²) < 4.78 is 26.6. The van der Waals surface area contributed by atoms with Crippen LogP contribution in [0.25, 0.3) is 0 Å². The number of amides is 2. The molecule has 7 nitrogen and oxygen atoms in total. The molecule has 1 fully saturated rings. The van der Waals surface area contributed by atoms with Crippen molar-refractivity contribution in [2.24, 2.45) is 5.73 Å². The van der Waals surface area contributed by atoms with Crippen molar-refractivity contribution in [1.29, 1.82) is 0 Å². The summed E-state index contributed by atoms with van der Waals surface area (Å²) in [5, 5.41) is 2.73. The van der Waals surface area contributed by atoms with Crippen LogP contribution in [0.4, 0.5) is 5.69 Å². The highest BCUT2D eigenvalue weighted by Gasteiger charge is 2.24. The minimum Gasteiger partial charge on any atom is -0.366 e. The van der Waals surface area contributed by atoms with Gasteiger partial charge < -0.3 is 11.1 Å². The largest absolute Gasteiger partial charge is 0.366 e. The second kappa shape index (κ2) is 8.53. The maximum absolute atomic E-state index is 12.5. The summed E-state index contributed by atoms with van der Waals surface area (Å²) in [7, 11) is -3.33. The Kier molecular flexibility index (Phi) is 6.11. The van der Waals surface area contributed by atoms with Crippen molar-refractivity contribution < 1.29 is 18.0 Å². The van der Waals surface area contributed by atoms with Gasteiger partial charge in [-0.05, 0) is 54.8 Å². The fourth-order valence-electron chi connectivity index (χ4n) is 3.12. The highest BCUT2D eigenvalue weighted by Crippen LogP contribution is 2.18. The van der Waals surface area contributed by atoms with Gasteiger partial charge in [-0.25, -0.2) is 12.7 Å². The number of rotatable bonds is 6. The van der Waals surface area contributed by atoms with E-state index < -0.39 is 15.9 Å². The van der Waals surface area contributed by atoms with Crippen molar-refractivity contribution in [2.45, 2.75) is 25.0 Å². The average Bonchev–Trinajstić information content (AvgIpc) is 2.69. The van der Waals surface area contributed by atoms with Crippen LogP contribution < -0.4 is 11.1 Å². The smallest absolute Gasteiger partial charge is 0.255 e. The highest BCUT2D eigenvalue weighted by molar-refractivity contribution is 7.88. The molecule has 2 aromatic carbocycles. The third kappa shape index (κ3) is 4.96. The number of hydrogen-bond acceptors (Lipinski definition) is 4. The molecule has 0 spiro atoms. The van der Waals surface area contributed by atoms with E-state index in [4.69, 9.17) is 5.73 Å². The van der Waals surface area contributed by atoms with Crippen LogP contribution in [0.15, 0.2) is 48.5 Å². The molecule has 8 heteroatoms. The zero-order chi connectivity index (χ0) is 20.1. The van der Waals surface area contributed by atoms with Crippen LogP contribution in [-0.4, -0.2) is 37.6 Å². The zero-order valence-electron chi connectivity index (χ0n) is 15.4. The quantitative estimate of drug-likeness (QED) is 0.774. The number of carbonyl (C=O) groups excluding carboxylic acids is 2. The predicted molar refractivity (Wildman–Crippen MR) is 107 cm³/mol. The summed E-state index contributed by atoms with van der Waals surface area (Å²) in [6.07, 6.45) is 2.87. The average molecular weight is 401 g/mol. The molecule has 0 radical (unpaired) electrons. The SMILES string of the molecule is NC(=O)c1ccc(NC(=O)c2ccc(CS(=O)(=O)N3CCCCC3)cc2)cc1. The van der Waals surface area contributed by atoms with Crippen molar-refractivity contribution in [3.8, 4) is 0 Å². The number of piperidine rings is 1. The van der Waals surface area contributed by atoms with Gasteiger partial charge in [0.05, 0.1) is 5.75 Å². The number of carbonyl (C=O) groups is 2. The van der Waals surface area contributed by atoms with Crippen LogP contribution in [0.2, 0.25) is 0 Å². The predicted octanol–water partition coefficient (Wildman–Crippen LogP) is 2.35. The van der Waals surface area contributed by atoms with Crippen LogP contribution >= 0.6 is 0 Å². The summed E-state index contributed by atoms with van der Waals surface area (Å²) in [6.45, 7) is 1.16.